The highest BCUT2D eigenvalue weighted by atomic mass is 32.2. The normalized spacial score (nSPS) is 21.2. The summed E-state index contributed by atoms with van der Waals surface area (Å²) in [5.74, 6) is -0.728. The maximum absolute atomic E-state index is 11.8. The van der Waals surface area contributed by atoms with E-state index >= 15 is 0 Å². The van der Waals surface area contributed by atoms with E-state index in [4.69, 9.17) is 4.74 Å². The summed E-state index contributed by atoms with van der Waals surface area (Å²) in [5.41, 5.74) is -1.27. The van der Waals surface area contributed by atoms with Gasteiger partial charge in [0, 0.05) is 54.9 Å². The topological polar surface area (TPSA) is 105 Å². The van der Waals surface area contributed by atoms with Crippen LogP contribution in [0, 0.1) is 0 Å². The molecule has 0 saturated carbocycles. The standard InChI is InChI=1S/C11H20N2O5S/c1-8(7-19(2)17)12-10(16)13-11(9(14)15)3-5-18-6-4-11/h8H,3-7H2,1-2H3,(H,14,15)(H2,12,13,16). The third-order valence-electron chi connectivity index (χ3n) is 2.97. The van der Waals surface area contributed by atoms with Crippen molar-refractivity contribution in [2.45, 2.75) is 31.3 Å². The maximum atomic E-state index is 11.8. The minimum atomic E-state index is -1.27. The molecular weight excluding hydrogens is 272 g/mol. The Labute approximate surface area is 114 Å². The summed E-state index contributed by atoms with van der Waals surface area (Å²) in [7, 11) is -1.02. The van der Waals surface area contributed by atoms with E-state index in [1.807, 2.05) is 0 Å². The monoisotopic (exact) mass is 292 g/mol. The Kier molecular flexibility index (Phi) is 5.74. The molecule has 0 aromatic carbocycles. The van der Waals surface area contributed by atoms with Crippen LogP contribution in [0.1, 0.15) is 19.8 Å². The van der Waals surface area contributed by atoms with E-state index in [-0.39, 0.29) is 18.9 Å². The van der Waals surface area contributed by atoms with Crippen LogP contribution < -0.4 is 10.6 Å². The molecule has 8 heteroatoms. The van der Waals surface area contributed by atoms with E-state index in [0.29, 0.717) is 19.0 Å². The van der Waals surface area contributed by atoms with Crippen molar-refractivity contribution in [3.63, 3.8) is 0 Å². The maximum Gasteiger partial charge on any atom is 0.329 e. The number of carbonyl (C=O) groups excluding carboxylic acids is 1. The van der Waals surface area contributed by atoms with E-state index in [9.17, 15) is 18.9 Å². The molecule has 1 aliphatic rings. The molecule has 1 saturated heterocycles. The molecule has 110 valence electrons. The smallest absolute Gasteiger partial charge is 0.329 e. The van der Waals surface area contributed by atoms with Gasteiger partial charge in [0.05, 0.1) is 0 Å². The summed E-state index contributed by atoms with van der Waals surface area (Å²) < 4.78 is 16.1. The van der Waals surface area contributed by atoms with E-state index in [1.165, 1.54) is 0 Å². The number of hydrogen-bond acceptors (Lipinski definition) is 4. The molecule has 0 aromatic rings. The van der Waals surface area contributed by atoms with Crippen LogP contribution in [0.15, 0.2) is 0 Å². The first-order valence-electron chi connectivity index (χ1n) is 6.05. The number of aliphatic carboxylic acids is 1. The molecule has 7 nitrogen and oxygen atoms in total. The average molecular weight is 292 g/mol. The van der Waals surface area contributed by atoms with Gasteiger partial charge in [-0.05, 0) is 6.92 Å². The van der Waals surface area contributed by atoms with Crippen molar-refractivity contribution in [3.05, 3.63) is 0 Å². The van der Waals surface area contributed by atoms with E-state index in [2.05, 4.69) is 10.6 Å². The molecule has 1 heterocycles. The predicted molar refractivity (Wildman–Crippen MR) is 70.5 cm³/mol. The Balaban J connectivity index is 2.57. The number of hydrogen-bond donors (Lipinski definition) is 3. The molecule has 1 aliphatic heterocycles. The number of carboxylic acid groups (broad SMARTS) is 1. The van der Waals surface area contributed by atoms with Crippen LogP contribution in [0.25, 0.3) is 0 Å². The molecule has 1 rings (SSSR count). The molecule has 3 N–H and O–H groups in total. The van der Waals surface area contributed by atoms with E-state index in [1.54, 1.807) is 13.2 Å². The Hall–Kier alpha value is -1.15. The van der Waals surface area contributed by atoms with Gasteiger partial charge in [0.2, 0.25) is 0 Å². The van der Waals surface area contributed by atoms with Crippen LogP contribution in [0.2, 0.25) is 0 Å². The second-order valence-corrected chi connectivity index (χ2v) is 6.22. The SMILES string of the molecule is CC(CS(C)=O)NC(=O)NC1(C(=O)O)CCOCC1. The lowest BCUT2D eigenvalue weighted by atomic mass is 9.90. The lowest BCUT2D eigenvalue weighted by Crippen LogP contribution is -2.60. The molecule has 0 radical (unpaired) electrons. The van der Waals surface area contributed by atoms with Crippen LogP contribution in [0.5, 0.6) is 0 Å². The highest BCUT2D eigenvalue weighted by Gasteiger charge is 2.41. The van der Waals surface area contributed by atoms with Crippen molar-refractivity contribution in [2.24, 2.45) is 0 Å². The van der Waals surface area contributed by atoms with Gasteiger partial charge in [-0.25, -0.2) is 9.59 Å². The fourth-order valence-electron chi connectivity index (χ4n) is 1.98. The zero-order chi connectivity index (χ0) is 14.5. The van der Waals surface area contributed by atoms with Crippen molar-refractivity contribution in [3.8, 4) is 0 Å². The zero-order valence-corrected chi connectivity index (χ0v) is 11.9. The quantitative estimate of drug-likeness (QED) is 0.644. The van der Waals surface area contributed by atoms with Crippen molar-refractivity contribution in [1.82, 2.24) is 10.6 Å². The van der Waals surface area contributed by atoms with Gasteiger partial charge in [0.15, 0.2) is 0 Å². The minimum absolute atomic E-state index is 0.240. The Morgan fingerprint density at radius 2 is 2.00 bits per heavy atom. The summed E-state index contributed by atoms with van der Waals surface area (Å²) in [5, 5.41) is 14.4. The third-order valence-corrected chi connectivity index (χ3v) is 3.94. The number of amides is 2. The molecule has 2 amide bonds. The van der Waals surface area contributed by atoms with E-state index < -0.39 is 28.3 Å². The van der Waals surface area contributed by atoms with Crippen LogP contribution in [-0.2, 0) is 20.3 Å². The second-order valence-electron chi connectivity index (χ2n) is 4.74. The number of ether oxygens (including phenoxy) is 1. The zero-order valence-electron chi connectivity index (χ0n) is 11.1. The second kappa shape index (κ2) is 6.85. The fourth-order valence-corrected chi connectivity index (χ4v) is 2.77. The van der Waals surface area contributed by atoms with Crippen molar-refractivity contribution < 1.29 is 23.6 Å². The first-order valence-corrected chi connectivity index (χ1v) is 7.78. The van der Waals surface area contributed by atoms with Gasteiger partial charge >= 0.3 is 12.0 Å². The summed E-state index contributed by atoms with van der Waals surface area (Å²) in [6.07, 6.45) is 2.03. The summed E-state index contributed by atoms with van der Waals surface area (Å²) in [4.78, 5) is 23.1. The first kappa shape index (κ1) is 15.9. The van der Waals surface area contributed by atoms with Gasteiger partial charge in [0.25, 0.3) is 0 Å². The Bertz CT molecular complexity index is 368. The van der Waals surface area contributed by atoms with Crippen molar-refractivity contribution in [2.75, 3.05) is 25.2 Å². The summed E-state index contributed by atoms with van der Waals surface area (Å²) >= 11 is 0. The lowest BCUT2D eigenvalue weighted by molar-refractivity contribution is -0.148. The fraction of sp³-hybridized carbons (Fsp3) is 0.818. The molecule has 0 spiro atoms. The van der Waals surface area contributed by atoms with Gasteiger partial charge in [0.1, 0.15) is 5.54 Å². The van der Waals surface area contributed by atoms with Gasteiger partial charge < -0.3 is 20.5 Å². The molecule has 19 heavy (non-hydrogen) atoms. The van der Waals surface area contributed by atoms with Gasteiger partial charge in [-0.1, -0.05) is 0 Å². The predicted octanol–water partition coefficient (Wildman–Crippen LogP) is -0.314. The van der Waals surface area contributed by atoms with E-state index in [0.717, 1.165) is 0 Å². The number of nitrogens with one attached hydrogen (secondary N) is 2. The average Bonchev–Trinajstić information content (AvgIpc) is 2.28. The molecule has 2 atom stereocenters. The Morgan fingerprint density at radius 1 is 1.42 bits per heavy atom. The largest absolute Gasteiger partial charge is 0.480 e. The van der Waals surface area contributed by atoms with Crippen molar-refractivity contribution >= 4 is 22.8 Å². The van der Waals surface area contributed by atoms with Gasteiger partial charge in [-0.2, -0.15) is 0 Å². The highest BCUT2D eigenvalue weighted by molar-refractivity contribution is 7.84. The molecule has 0 aromatic heterocycles. The highest BCUT2D eigenvalue weighted by Crippen LogP contribution is 2.20. The molecular formula is C11H20N2O5S. The minimum Gasteiger partial charge on any atom is -0.480 e. The van der Waals surface area contributed by atoms with Crippen LogP contribution in [0.3, 0.4) is 0 Å². The van der Waals surface area contributed by atoms with Crippen molar-refractivity contribution in [1.29, 1.82) is 0 Å². The lowest BCUT2D eigenvalue weighted by Gasteiger charge is -2.34. The summed E-state index contributed by atoms with van der Waals surface area (Å²) in [6.45, 7) is 2.33. The van der Waals surface area contributed by atoms with Crippen LogP contribution in [0.4, 0.5) is 4.79 Å². The van der Waals surface area contributed by atoms with Gasteiger partial charge in [-0.15, -0.1) is 0 Å². The molecule has 2 unspecified atom stereocenters. The molecule has 0 aliphatic carbocycles. The van der Waals surface area contributed by atoms with Crippen LogP contribution in [-0.4, -0.2) is 58.1 Å². The van der Waals surface area contributed by atoms with Crippen LogP contribution >= 0.6 is 0 Å². The molecule has 0 bridgehead atoms. The summed E-state index contributed by atoms with van der Waals surface area (Å²) in [6, 6.07) is -0.834. The third kappa shape index (κ3) is 4.79. The van der Waals surface area contributed by atoms with Gasteiger partial charge in [-0.3, -0.25) is 4.21 Å². The Morgan fingerprint density at radius 3 is 2.47 bits per heavy atom. The number of carboxylic acids is 1. The molecule has 1 fully saturated rings. The number of carbonyl (C=O) groups is 2. The number of rotatable bonds is 5. The first-order chi connectivity index (χ1) is 8.85. The number of urea groups is 1.